The van der Waals surface area contributed by atoms with Gasteiger partial charge < -0.3 is 15.5 Å². The van der Waals surface area contributed by atoms with Crippen molar-refractivity contribution in [1.82, 2.24) is 10.2 Å². The molecular formula is C23H24ClN3O3. The first-order valence-electron chi connectivity index (χ1n) is 9.83. The van der Waals surface area contributed by atoms with Crippen LogP contribution in [0.4, 0.5) is 5.69 Å². The highest BCUT2D eigenvalue weighted by Crippen LogP contribution is 2.21. The molecule has 0 unspecified atom stereocenters. The summed E-state index contributed by atoms with van der Waals surface area (Å²) in [4.78, 5) is 39.4. The SMILES string of the molecule is C=CCNC(=O)[C@H]1CCCN(C(=O)c2cccc(NC(=O)c3ccccc3Cl)c2)C1. The number of carbonyl (C=O) groups excluding carboxylic acids is 3. The van der Waals surface area contributed by atoms with E-state index in [0.717, 1.165) is 12.8 Å². The lowest BCUT2D eigenvalue weighted by atomic mass is 9.96. The van der Waals surface area contributed by atoms with Crippen LogP contribution in [0.25, 0.3) is 0 Å². The Morgan fingerprint density at radius 2 is 1.97 bits per heavy atom. The molecule has 1 heterocycles. The van der Waals surface area contributed by atoms with Gasteiger partial charge in [-0.15, -0.1) is 6.58 Å². The van der Waals surface area contributed by atoms with Crippen LogP contribution >= 0.6 is 11.6 Å². The molecule has 1 aliphatic heterocycles. The van der Waals surface area contributed by atoms with Crippen LogP contribution < -0.4 is 10.6 Å². The Morgan fingerprint density at radius 1 is 1.17 bits per heavy atom. The van der Waals surface area contributed by atoms with Crippen molar-refractivity contribution in [3.8, 4) is 0 Å². The van der Waals surface area contributed by atoms with Gasteiger partial charge in [0.1, 0.15) is 0 Å². The Kier molecular flexibility index (Phi) is 7.25. The van der Waals surface area contributed by atoms with Gasteiger partial charge >= 0.3 is 0 Å². The van der Waals surface area contributed by atoms with E-state index >= 15 is 0 Å². The van der Waals surface area contributed by atoms with Crippen molar-refractivity contribution in [1.29, 1.82) is 0 Å². The number of rotatable bonds is 6. The fourth-order valence-electron chi connectivity index (χ4n) is 3.45. The molecule has 1 aliphatic rings. The molecule has 0 aliphatic carbocycles. The van der Waals surface area contributed by atoms with Gasteiger partial charge in [-0.25, -0.2) is 0 Å². The van der Waals surface area contributed by atoms with E-state index in [0.29, 0.717) is 41.5 Å². The lowest BCUT2D eigenvalue weighted by Gasteiger charge is -2.32. The monoisotopic (exact) mass is 425 g/mol. The van der Waals surface area contributed by atoms with Gasteiger partial charge in [0.2, 0.25) is 5.91 Å². The highest BCUT2D eigenvalue weighted by molar-refractivity contribution is 6.34. The summed E-state index contributed by atoms with van der Waals surface area (Å²) in [5.41, 5.74) is 1.32. The Labute approximate surface area is 180 Å². The fourth-order valence-corrected chi connectivity index (χ4v) is 3.67. The highest BCUT2D eigenvalue weighted by atomic mass is 35.5. The molecule has 0 saturated carbocycles. The zero-order chi connectivity index (χ0) is 21.5. The maximum atomic E-state index is 13.0. The van der Waals surface area contributed by atoms with Crippen LogP contribution in [-0.4, -0.2) is 42.3 Å². The average molecular weight is 426 g/mol. The predicted octanol–water partition coefficient (Wildman–Crippen LogP) is 3.75. The van der Waals surface area contributed by atoms with Crippen LogP contribution in [0.3, 0.4) is 0 Å². The van der Waals surface area contributed by atoms with Crippen LogP contribution in [0, 0.1) is 5.92 Å². The molecule has 3 amide bonds. The van der Waals surface area contributed by atoms with E-state index in [2.05, 4.69) is 17.2 Å². The van der Waals surface area contributed by atoms with Crippen molar-refractivity contribution in [2.24, 2.45) is 5.92 Å². The first-order chi connectivity index (χ1) is 14.5. The van der Waals surface area contributed by atoms with Crippen molar-refractivity contribution in [2.75, 3.05) is 25.0 Å². The summed E-state index contributed by atoms with van der Waals surface area (Å²) in [5, 5.41) is 5.94. The van der Waals surface area contributed by atoms with Gasteiger partial charge in [0, 0.05) is 30.9 Å². The summed E-state index contributed by atoms with van der Waals surface area (Å²) in [5.74, 6) is -0.800. The minimum absolute atomic E-state index is 0.0619. The minimum atomic E-state index is -0.345. The number of anilines is 1. The number of nitrogens with zero attached hydrogens (tertiary/aromatic N) is 1. The summed E-state index contributed by atoms with van der Waals surface area (Å²) < 4.78 is 0. The molecule has 0 bridgehead atoms. The molecule has 2 N–H and O–H groups in total. The van der Waals surface area contributed by atoms with Gasteiger partial charge in [-0.2, -0.15) is 0 Å². The molecule has 1 atom stereocenters. The van der Waals surface area contributed by atoms with Crippen LogP contribution in [0.1, 0.15) is 33.6 Å². The molecule has 1 saturated heterocycles. The van der Waals surface area contributed by atoms with Crippen LogP contribution in [0.5, 0.6) is 0 Å². The second-order valence-electron chi connectivity index (χ2n) is 7.14. The van der Waals surface area contributed by atoms with E-state index in [4.69, 9.17) is 11.6 Å². The van der Waals surface area contributed by atoms with E-state index < -0.39 is 0 Å². The largest absolute Gasteiger partial charge is 0.352 e. The van der Waals surface area contributed by atoms with Gasteiger partial charge in [0.05, 0.1) is 16.5 Å². The number of hydrogen-bond acceptors (Lipinski definition) is 3. The number of amides is 3. The van der Waals surface area contributed by atoms with Crippen LogP contribution in [0.2, 0.25) is 5.02 Å². The third-order valence-corrected chi connectivity index (χ3v) is 5.32. The molecule has 156 valence electrons. The first-order valence-corrected chi connectivity index (χ1v) is 10.2. The summed E-state index contributed by atoms with van der Waals surface area (Å²) >= 11 is 6.08. The second-order valence-corrected chi connectivity index (χ2v) is 7.55. The minimum Gasteiger partial charge on any atom is -0.352 e. The highest BCUT2D eigenvalue weighted by Gasteiger charge is 2.28. The van der Waals surface area contributed by atoms with Crippen molar-refractivity contribution < 1.29 is 14.4 Å². The summed E-state index contributed by atoms with van der Waals surface area (Å²) in [6.07, 6.45) is 3.15. The van der Waals surface area contributed by atoms with E-state index in [9.17, 15) is 14.4 Å². The normalized spacial score (nSPS) is 15.9. The Bertz CT molecular complexity index is 960. The second kappa shape index (κ2) is 10.1. The van der Waals surface area contributed by atoms with E-state index in [1.807, 2.05) is 0 Å². The van der Waals surface area contributed by atoms with E-state index in [-0.39, 0.29) is 23.6 Å². The smallest absolute Gasteiger partial charge is 0.257 e. The lowest BCUT2D eigenvalue weighted by Crippen LogP contribution is -2.45. The van der Waals surface area contributed by atoms with Crippen molar-refractivity contribution in [2.45, 2.75) is 12.8 Å². The number of hydrogen-bond donors (Lipinski definition) is 2. The molecule has 0 spiro atoms. The fraction of sp³-hybridized carbons (Fsp3) is 0.261. The van der Waals surface area contributed by atoms with Gasteiger partial charge in [0.15, 0.2) is 0 Å². The molecule has 6 nitrogen and oxygen atoms in total. The molecular weight excluding hydrogens is 402 g/mol. The number of piperidine rings is 1. The predicted molar refractivity (Wildman–Crippen MR) is 118 cm³/mol. The third kappa shape index (κ3) is 5.27. The topological polar surface area (TPSA) is 78.5 Å². The number of benzene rings is 2. The zero-order valence-electron chi connectivity index (χ0n) is 16.6. The van der Waals surface area contributed by atoms with Crippen LogP contribution in [-0.2, 0) is 4.79 Å². The average Bonchev–Trinajstić information content (AvgIpc) is 2.77. The maximum absolute atomic E-state index is 13.0. The zero-order valence-corrected chi connectivity index (χ0v) is 17.3. The maximum Gasteiger partial charge on any atom is 0.257 e. The van der Waals surface area contributed by atoms with Crippen molar-refractivity contribution in [3.63, 3.8) is 0 Å². The Morgan fingerprint density at radius 3 is 2.73 bits per heavy atom. The van der Waals surface area contributed by atoms with E-state index in [1.165, 1.54) is 0 Å². The molecule has 1 fully saturated rings. The Hall–Kier alpha value is -3.12. The molecule has 3 rings (SSSR count). The quantitative estimate of drug-likeness (QED) is 0.692. The number of nitrogens with one attached hydrogen (secondary N) is 2. The van der Waals surface area contributed by atoms with Crippen molar-refractivity contribution >= 4 is 35.0 Å². The molecule has 0 radical (unpaired) electrons. The molecule has 30 heavy (non-hydrogen) atoms. The molecule has 2 aromatic rings. The van der Waals surface area contributed by atoms with E-state index in [1.54, 1.807) is 59.5 Å². The van der Waals surface area contributed by atoms with Gasteiger partial charge in [0.25, 0.3) is 11.8 Å². The van der Waals surface area contributed by atoms with Crippen molar-refractivity contribution in [3.05, 3.63) is 77.3 Å². The number of halogens is 1. The standard InChI is InChI=1S/C23H24ClN3O3/c1-2-12-25-21(28)17-8-6-13-27(15-17)23(30)16-7-5-9-18(14-16)26-22(29)19-10-3-4-11-20(19)24/h2-5,7,9-11,14,17H,1,6,8,12-13,15H2,(H,25,28)(H,26,29)/t17-/m0/s1. The molecule has 7 heteroatoms. The number of likely N-dealkylation sites (tertiary alicyclic amines) is 1. The first kappa shape index (κ1) is 21.6. The molecule has 0 aromatic heterocycles. The van der Waals surface area contributed by atoms with Crippen LogP contribution in [0.15, 0.2) is 61.2 Å². The third-order valence-electron chi connectivity index (χ3n) is 4.99. The lowest BCUT2D eigenvalue weighted by molar-refractivity contribution is -0.126. The summed E-state index contributed by atoms with van der Waals surface area (Å²) in [6, 6.07) is 13.5. The van der Waals surface area contributed by atoms with Gasteiger partial charge in [-0.1, -0.05) is 35.9 Å². The van der Waals surface area contributed by atoms with Gasteiger partial charge in [-0.3, -0.25) is 14.4 Å². The summed E-state index contributed by atoms with van der Waals surface area (Å²) in [6.45, 7) is 4.98. The summed E-state index contributed by atoms with van der Waals surface area (Å²) in [7, 11) is 0. The van der Waals surface area contributed by atoms with Gasteiger partial charge in [-0.05, 0) is 43.2 Å². The Balaban J connectivity index is 1.68. The number of carbonyl (C=O) groups is 3. The molecule has 2 aromatic carbocycles.